The van der Waals surface area contributed by atoms with Crippen LogP contribution in [0.5, 0.6) is 0 Å². The highest BCUT2D eigenvalue weighted by atomic mass is 19.4. The molecule has 0 bridgehead atoms. The number of rotatable bonds is 2. The van der Waals surface area contributed by atoms with Crippen molar-refractivity contribution < 1.29 is 40.2 Å². The van der Waals surface area contributed by atoms with Gasteiger partial charge in [-0.3, -0.25) is 0 Å². The van der Waals surface area contributed by atoms with Crippen LogP contribution in [-0.4, -0.2) is 29.0 Å². The molecule has 0 aliphatic heterocycles. The third-order valence-electron chi connectivity index (χ3n) is 1.50. The van der Waals surface area contributed by atoms with Gasteiger partial charge in [-0.05, 0) is 6.92 Å². The predicted molar refractivity (Wildman–Crippen MR) is 27.7 cm³/mol. The van der Waals surface area contributed by atoms with Gasteiger partial charge in [0.05, 0.1) is 0 Å². The van der Waals surface area contributed by atoms with E-state index < -0.39 is 30.8 Å². The summed E-state index contributed by atoms with van der Waals surface area (Å²) in [5.41, 5.74) is -5.52. The quantitative estimate of drug-likeness (QED) is 0.725. The minimum absolute atomic E-state index is 0.781. The maximum absolute atomic E-state index is 12.4. The van der Waals surface area contributed by atoms with Gasteiger partial charge in [-0.15, -0.1) is 0 Å². The number of hydrogen-bond acceptors (Lipinski definition) is 1. The molecule has 9 heteroatoms. The van der Waals surface area contributed by atoms with Gasteiger partial charge in [0, 0.05) is 0 Å². The van der Waals surface area contributed by atoms with Crippen molar-refractivity contribution >= 4 is 0 Å². The smallest absolute Gasteiger partial charge is 0.331 e. The van der Waals surface area contributed by atoms with Crippen molar-refractivity contribution in [1.29, 1.82) is 0 Å². The first-order valence-corrected chi connectivity index (χ1v) is 2.99. The van der Waals surface area contributed by atoms with E-state index in [9.17, 15) is 35.1 Å². The second-order valence-corrected chi connectivity index (χ2v) is 2.62. The molecule has 0 radical (unpaired) electrons. The van der Waals surface area contributed by atoms with Crippen LogP contribution in [0, 0.1) is 0 Å². The second kappa shape index (κ2) is 2.94. The summed E-state index contributed by atoms with van der Waals surface area (Å²) in [4.78, 5) is 0. The highest BCUT2D eigenvalue weighted by Crippen LogP contribution is 2.50. The minimum Gasteiger partial charge on any atom is -0.331 e. The molecule has 0 aromatic heterocycles. The summed E-state index contributed by atoms with van der Waals surface area (Å²) in [5, 5.41) is 7.42. The van der Waals surface area contributed by atoms with Crippen molar-refractivity contribution in [3.05, 3.63) is 0 Å². The molecule has 0 saturated carbocycles. The van der Waals surface area contributed by atoms with Crippen LogP contribution in [0.15, 0.2) is 0 Å². The van der Waals surface area contributed by atoms with E-state index in [1.165, 1.54) is 0 Å². The van der Waals surface area contributed by atoms with Gasteiger partial charge >= 0.3 is 18.2 Å². The van der Waals surface area contributed by atoms with Crippen LogP contribution in [0.1, 0.15) is 6.92 Å². The van der Waals surface area contributed by atoms with E-state index in [1.807, 2.05) is 0 Å². The molecule has 1 nitrogen and oxygen atoms in total. The molecule has 0 amide bonds. The van der Waals surface area contributed by atoms with Crippen LogP contribution in [0.3, 0.4) is 0 Å². The molecule has 0 spiro atoms. The lowest BCUT2D eigenvalue weighted by atomic mass is 9.98. The Hall–Kier alpha value is -0.600. The molecular weight excluding hydrogens is 228 g/mol. The van der Waals surface area contributed by atoms with Crippen LogP contribution < -0.4 is 0 Å². The standard InChI is InChI=1S/C5H4F8O/c1-2(6,4(9,10)11)3(7,8)5(12,13)14/h14H,1H3. The SMILES string of the molecule is CC(F)(C(F)(F)F)C(F)(F)C(O)(F)F. The largest absolute Gasteiger partial charge is 0.428 e. The Morgan fingerprint density at radius 1 is 0.786 bits per heavy atom. The molecule has 86 valence electrons. The molecule has 1 unspecified atom stereocenters. The zero-order valence-corrected chi connectivity index (χ0v) is 6.47. The van der Waals surface area contributed by atoms with Gasteiger partial charge in [0.25, 0.3) is 5.67 Å². The lowest BCUT2D eigenvalue weighted by Gasteiger charge is -2.33. The molecule has 14 heavy (non-hydrogen) atoms. The van der Waals surface area contributed by atoms with Crippen molar-refractivity contribution in [2.75, 3.05) is 0 Å². The first kappa shape index (κ1) is 13.4. The van der Waals surface area contributed by atoms with Crippen molar-refractivity contribution in [2.24, 2.45) is 0 Å². The molecule has 0 rings (SSSR count). The summed E-state index contributed by atoms with van der Waals surface area (Å²) in [5.74, 6) is -6.25. The van der Waals surface area contributed by atoms with Gasteiger partial charge in [-0.25, -0.2) is 4.39 Å². The van der Waals surface area contributed by atoms with Gasteiger partial charge in [0.15, 0.2) is 0 Å². The lowest BCUT2D eigenvalue weighted by molar-refractivity contribution is -0.400. The number of hydrogen-bond donors (Lipinski definition) is 1. The van der Waals surface area contributed by atoms with E-state index in [-0.39, 0.29) is 0 Å². The van der Waals surface area contributed by atoms with Crippen molar-refractivity contribution in [1.82, 2.24) is 0 Å². The predicted octanol–water partition coefficient (Wildman–Crippen LogP) is 2.50. The third kappa shape index (κ3) is 1.77. The van der Waals surface area contributed by atoms with E-state index in [2.05, 4.69) is 0 Å². The van der Waals surface area contributed by atoms with Gasteiger partial charge in [-0.2, -0.15) is 30.7 Å². The van der Waals surface area contributed by atoms with Crippen LogP contribution in [0.4, 0.5) is 35.1 Å². The summed E-state index contributed by atoms with van der Waals surface area (Å²) >= 11 is 0. The molecule has 0 aromatic rings. The fourth-order valence-corrected chi connectivity index (χ4v) is 0.460. The minimum atomic E-state index is -6.25. The molecule has 1 N–H and O–H groups in total. The Bertz CT molecular complexity index is 187. The Morgan fingerprint density at radius 3 is 1.14 bits per heavy atom. The van der Waals surface area contributed by atoms with Gasteiger partial charge in [0.2, 0.25) is 0 Å². The molecule has 0 aliphatic carbocycles. The first-order chi connectivity index (χ1) is 5.75. The molecule has 0 heterocycles. The number of halogens is 8. The monoisotopic (exact) mass is 232 g/mol. The number of aliphatic hydroxyl groups is 1. The summed E-state index contributed by atoms with van der Waals surface area (Å²) < 4.78 is 94.4. The van der Waals surface area contributed by atoms with Crippen LogP contribution in [-0.2, 0) is 0 Å². The zero-order chi connectivity index (χ0) is 12.0. The lowest BCUT2D eigenvalue weighted by Crippen LogP contribution is -2.61. The van der Waals surface area contributed by atoms with E-state index >= 15 is 0 Å². The van der Waals surface area contributed by atoms with E-state index in [0.717, 1.165) is 0 Å². The van der Waals surface area contributed by atoms with E-state index in [4.69, 9.17) is 5.11 Å². The average molecular weight is 232 g/mol. The molecule has 0 fully saturated rings. The molecule has 1 atom stereocenters. The molecular formula is C5H4F8O. The fraction of sp³-hybridized carbons (Fsp3) is 1.00. The van der Waals surface area contributed by atoms with E-state index in [1.54, 1.807) is 0 Å². The maximum atomic E-state index is 12.4. The topological polar surface area (TPSA) is 20.2 Å². The van der Waals surface area contributed by atoms with Crippen molar-refractivity contribution in [2.45, 2.75) is 30.8 Å². The first-order valence-electron chi connectivity index (χ1n) is 2.99. The summed E-state index contributed by atoms with van der Waals surface area (Å²) in [6.07, 6.45) is -12.3. The van der Waals surface area contributed by atoms with Gasteiger partial charge in [0.1, 0.15) is 0 Å². The Labute approximate surface area is 72.3 Å². The van der Waals surface area contributed by atoms with Gasteiger partial charge in [-0.1, -0.05) is 0 Å². The molecule has 0 aliphatic rings. The highest BCUT2D eigenvalue weighted by Gasteiger charge is 2.77. The van der Waals surface area contributed by atoms with Crippen molar-refractivity contribution in [3.8, 4) is 0 Å². The normalized spacial score (nSPS) is 19.3. The van der Waals surface area contributed by atoms with Crippen LogP contribution in [0.25, 0.3) is 0 Å². The Balaban J connectivity index is 5.30. The fourth-order valence-electron chi connectivity index (χ4n) is 0.460. The third-order valence-corrected chi connectivity index (χ3v) is 1.50. The average Bonchev–Trinajstić information content (AvgIpc) is 1.81. The molecule has 0 aromatic carbocycles. The van der Waals surface area contributed by atoms with E-state index in [0.29, 0.717) is 0 Å². The summed E-state index contributed by atoms with van der Waals surface area (Å²) in [6.45, 7) is -0.781. The van der Waals surface area contributed by atoms with Crippen molar-refractivity contribution in [3.63, 3.8) is 0 Å². The number of alkyl halides is 8. The maximum Gasteiger partial charge on any atom is 0.428 e. The summed E-state index contributed by atoms with van der Waals surface area (Å²) in [6, 6.07) is 0. The van der Waals surface area contributed by atoms with Gasteiger partial charge < -0.3 is 5.11 Å². The summed E-state index contributed by atoms with van der Waals surface area (Å²) in [7, 11) is 0. The molecule has 0 saturated heterocycles. The van der Waals surface area contributed by atoms with Crippen LogP contribution in [0.2, 0.25) is 0 Å². The zero-order valence-electron chi connectivity index (χ0n) is 6.47. The highest BCUT2D eigenvalue weighted by molar-refractivity contribution is 5.00. The Morgan fingerprint density at radius 2 is 1.07 bits per heavy atom. The Kier molecular flexibility index (Phi) is 2.82. The van der Waals surface area contributed by atoms with Crippen LogP contribution >= 0.6 is 0 Å². The second-order valence-electron chi connectivity index (χ2n) is 2.62.